The molecule has 14 atom stereocenters. The fraction of sp³-hybridized carbons (Fsp3) is 0.833. The molecular weight excluding hydrogens is 584 g/mol. The second kappa shape index (κ2) is 9.22. The maximum atomic E-state index is 13.4. The van der Waals surface area contributed by atoms with E-state index in [0.29, 0.717) is 19.3 Å². The molecule has 2 spiro atoms. The highest BCUT2D eigenvalue weighted by atomic mass is 16.8. The van der Waals surface area contributed by atoms with E-state index in [1.807, 2.05) is 13.8 Å². The number of rotatable bonds is 7. The van der Waals surface area contributed by atoms with Crippen molar-refractivity contribution in [3.8, 4) is 0 Å². The van der Waals surface area contributed by atoms with Gasteiger partial charge in [-0.05, 0) is 36.7 Å². The molecule has 5 aliphatic heterocycles. The molecule has 0 amide bonds. The van der Waals surface area contributed by atoms with Crippen molar-refractivity contribution in [1.29, 1.82) is 0 Å². The fourth-order valence-electron chi connectivity index (χ4n) is 9.59. The number of aliphatic hydroxyl groups is 4. The molecule has 242 valence electrons. The van der Waals surface area contributed by atoms with Crippen molar-refractivity contribution in [3.05, 3.63) is 11.1 Å². The van der Waals surface area contributed by atoms with Gasteiger partial charge >= 0.3 is 17.9 Å². The number of epoxide rings is 3. The van der Waals surface area contributed by atoms with Gasteiger partial charge in [0.2, 0.25) is 6.29 Å². The molecule has 8 rings (SSSR count). The number of esters is 3. The summed E-state index contributed by atoms with van der Waals surface area (Å²) in [6.45, 7) is 5.81. The van der Waals surface area contributed by atoms with Crippen molar-refractivity contribution < 1.29 is 68.0 Å². The first-order valence-corrected chi connectivity index (χ1v) is 15.5. The van der Waals surface area contributed by atoms with Crippen molar-refractivity contribution in [2.75, 3.05) is 13.2 Å². The third-order valence-electron chi connectivity index (χ3n) is 11.9. The Morgan fingerprint density at radius 1 is 1.00 bits per heavy atom. The summed E-state index contributed by atoms with van der Waals surface area (Å²) in [5.41, 5.74) is -1.09. The van der Waals surface area contributed by atoms with E-state index in [0.717, 1.165) is 11.1 Å². The minimum Gasteiger partial charge on any atom is -0.458 e. The largest absolute Gasteiger partial charge is 0.458 e. The Balaban J connectivity index is 1.00. The van der Waals surface area contributed by atoms with E-state index in [2.05, 4.69) is 6.92 Å². The van der Waals surface area contributed by atoms with Crippen LogP contribution in [0.3, 0.4) is 0 Å². The first-order chi connectivity index (χ1) is 20.9. The summed E-state index contributed by atoms with van der Waals surface area (Å²) in [4.78, 5) is 38.4. The first kappa shape index (κ1) is 29.2. The van der Waals surface area contributed by atoms with Crippen LogP contribution in [0.25, 0.3) is 0 Å². The zero-order chi connectivity index (χ0) is 31.1. The summed E-state index contributed by atoms with van der Waals surface area (Å²) in [7, 11) is 0. The Kier molecular flexibility index (Phi) is 6.13. The fourth-order valence-corrected chi connectivity index (χ4v) is 9.59. The number of aliphatic hydroxyl groups excluding tert-OH is 4. The van der Waals surface area contributed by atoms with Gasteiger partial charge in [-0.3, -0.25) is 9.59 Å². The molecule has 0 radical (unpaired) electrons. The van der Waals surface area contributed by atoms with Gasteiger partial charge in [-0.15, -0.1) is 0 Å². The predicted octanol–water partition coefficient (Wildman–Crippen LogP) is -1.22. The van der Waals surface area contributed by atoms with Crippen LogP contribution in [-0.4, -0.2) is 123 Å². The second-order valence-electron chi connectivity index (χ2n) is 14.1. The number of hydrogen-bond donors (Lipinski definition) is 4. The number of hydrogen-bond acceptors (Lipinski definition) is 14. The van der Waals surface area contributed by atoms with Crippen LogP contribution in [0, 0.1) is 17.3 Å². The van der Waals surface area contributed by atoms with Gasteiger partial charge in [0.1, 0.15) is 54.4 Å². The van der Waals surface area contributed by atoms with E-state index in [1.165, 1.54) is 0 Å². The van der Waals surface area contributed by atoms with Crippen LogP contribution >= 0.6 is 0 Å². The van der Waals surface area contributed by atoms with Gasteiger partial charge in [-0.2, -0.15) is 0 Å². The molecule has 5 heterocycles. The van der Waals surface area contributed by atoms with E-state index in [9.17, 15) is 34.8 Å². The van der Waals surface area contributed by atoms with Crippen molar-refractivity contribution in [2.45, 2.75) is 125 Å². The lowest BCUT2D eigenvalue weighted by Gasteiger charge is -2.53. The minimum atomic E-state index is -1.75. The van der Waals surface area contributed by atoms with Crippen molar-refractivity contribution in [3.63, 3.8) is 0 Å². The summed E-state index contributed by atoms with van der Waals surface area (Å²) >= 11 is 0. The Morgan fingerprint density at radius 2 is 1.73 bits per heavy atom. The first-order valence-electron chi connectivity index (χ1n) is 15.5. The van der Waals surface area contributed by atoms with Crippen molar-refractivity contribution >= 4 is 17.9 Å². The number of ether oxygens (including phenoxy) is 7. The third-order valence-corrected chi connectivity index (χ3v) is 11.9. The van der Waals surface area contributed by atoms with Gasteiger partial charge in [0.25, 0.3) is 0 Å². The number of carbonyl (C=O) groups is 3. The van der Waals surface area contributed by atoms with Crippen LogP contribution < -0.4 is 0 Å². The highest BCUT2D eigenvalue weighted by Crippen LogP contribution is 2.83. The van der Waals surface area contributed by atoms with Crippen LogP contribution in [0.15, 0.2) is 11.1 Å². The topological polar surface area (TPSA) is 207 Å². The smallest absolute Gasteiger partial charge is 0.334 e. The zero-order valence-electron chi connectivity index (χ0n) is 24.7. The van der Waals surface area contributed by atoms with E-state index in [1.54, 1.807) is 0 Å². The number of fused-ring (bicyclic) bond motifs is 4. The average molecular weight is 623 g/mol. The second-order valence-corrected chi connectivity index (χ2v) is 14.1. The third kappa shape index (κ3) is 3.40. The van der Waals surface area contributed by atoms with Crippen molar-refractivity contribution in [1.82, 2.24) is 0 Å². The molecule has 3 aliphatic carbocycles. The van der Waals surface area contributed by atoms with Crippen LogP contribution in [0.2, 0.25) is 0 Å². The summed E-state index contributed by atoms with van der Waals surface area (Å²) in [5, 5.41) is 39.4. The summed E-state index contributed by atoms with van der Waals surface area (Å²) in [6.07, 6.45) is -8.33. The summed E-state index contributed by atoms with van der Waals surface area (Å²) in [6, 6.07) is 0. The Labute approximate surface area is 252 Å². The highest BCUT2D eigenvalue weighted by molar-refractivity contribution is 5.92. The van der Waals surface area contributed by atoms with Gasteiger partial charge in [0.05, 0.1) is 25.6 Å². The molecule has 8 aliphatic rings. The molecule has 6 fully saturated rings. The molecule has 4 saturated heterocycles. The molecule has 2 saturated carbocycles. The van der Waals surface area contributed by atoms with E-state index in [-0.39, 0.29) is 49.1 Å². The maximum absolute atomic E-state index is 13.4. The summed E-state index contributed by atoms with van der Waals surface area (Å²) < 4.78 is 41.6. The zero-order valence-corrected chi connectivity index (χ0v) is 24.7. The molecule has 0 aromatic rings. The minimum absolute atomic E-state index is 0.0298. The van der Waals surface area contributed by atoms with E-state index >= 15 is 0 Å². The molecule has 0 aromatic carbocycles. The summed E-state index contributed by atoms with van der Waals surface area (Å²) in [5.74, 6) is -1.81. The maximum Gasteiger partial charge on any atom is 0.334 e. The molecule has 0 bridgehead atoms. The molecule has 4 N–H and O–H groups in total. The SMILES string of the molecule is CC(C)[C@]12O[C@H]1[C@@H]1O[C@]13[C@]1(O[C@H]1C[C@H]1C4=C(CC[C@@]13C)C(=O)OC4)[C@@H]2OC(=O)CCC(=O)O[C@H]1OC(CO)[C@H](O)C(O)C1O. The lowest BCUT2D eigenvalue weighted by molar-refractivity contribution is -0.292. The van der Waals surface area contributed by atoms with Crippen LogP contribution in [0.5, 0.6) is 0 Å². The predicted molar refractivity (Wildman–Crippen MR) is 140 cm³/mol. The standard InChI is InChI=1S/C30H38O14/c1-11(2)28-22(43-28)23-30(44-23)27(3)7-6-12-13(10-38-24(12)37)14(27)8-16-29(30,42-16)26(28)41-18(33)5-4-17(32)40-25-21(36)20(35)19(34)15(9-31)39-25/h11,14-16,19-23,25-26,31,34-36H,4-10H2,1-3H3/t14-,15?,16-,19-,20?,21?,22-,23-,25+,26+,27-,28-,29+,30+/m0/s1. The quantitative estimate of drug-likeness (QED) is 0.149. The molecule has 3 unspecified atom stereocenters. The number of cyclic esters (lactones) is 1. The van der Waals surface area contributed by atoms with Crippen LogP contribution in [0.1, 0.15) is 52.9 Å². The Morgan fingerprint density at radius 3 is 2.43 bits per heavy atom. The number of carbonyl (C=O) groups excluding carboxylic acids is 3. The molecule has 14 heteroatoms. The normalized spacial score (nSPS) is 52.4. The molecular formula is C30H38O14. The molecule has 0 aromatic heterocycles. The average Bonchev–Trinajstić information content (AvgIpc) is 3.90. The molecule has 44 heavy (non-hydrogen) atoms. The Bertz CT molecular complexity index is 1340. The van der Waals surface area contributed by atoms with Gasteiger partial charge in [0, 0.05) is 11.0 Å². The lowest BCUT2D eigenvalue weighted by atomic mass is 9.46. The van der Waals surface area contributed by atoms with Gasteiger partial charge in [-0.25, -0.2) is 4.79 Å². The van der Waals surface area contributed by atoms with Gasteiger partial charge < -0.3 is 53.6 Å². The van der Waals surface area contributed by atoms with Gasteiger partial charge in [-0.1, -0.05) is 20.8 Å². The Hall–Kier alpha value is -2.17. The van der Waals surface area contributed by atoms with Crippen LogP contribution in [0.4, 0.5) is 0 Å². The van der Waals surface area contributed by atoms with Gasteiger partial charge in [0.15, 0.2) is 11.7 Å². The monoisotopic (exact) mass is 622 g/mol. The van der Waals surface area contributed by atoms with Crippen LogP contribution in [-0.2, 0) is 47.5 Å². The van der Waals surface area contributed by atoms with E-state index < -0.39 is 84.0 Å². The molecule has 14 nitrogen and oxygen atoms in total. The van der Waals surface area contributed by atoms with E-state index in [4.69, 9.17) is 33.2 Å². The highest BCUT2D eigenvalue weighted by Gasteiger charge is 3.01. The van der Waals surface area contributed by atoms with Crippen molar-refractivity contribution in [2.24, 2.45) is 17.3 Å². The lowest BCUT2D eigenvalue weighted by Crippen LogP contribution is -2.70.